The minimum atomic E-state index is -0.562. The van der Waals surface area contributed by atoms with Crippen molar-refractivity contribution in [3.05, 3.63) is 94.0 Å². The molecule has 7 heteroatoms. The molecule has 0 aliphatic rings. The fourth-order valence-corrected chi connectivity index (χ4v) is 3.22. The van der Waals surface area contributed by atoms with Crippen molar-refractivity contribution in [2.45, 2.75) is 6.04 Å². The van der Waals surface area contributed by atoms with Crippen LogP contribution in [-0.4, -0.2) is 32.7 Å². The molecule has 0 saturated heterocycles. The van der Waals surface area contributed by atoms with E-state index in [2.05, 4.69) is 21.2 Å². The summed E-state index contributed by atoms with van der Waals surface area (Å²) < 4.78 is 16.5. The third-order valence-corrected chi connectivity index (χ3v) is 5.15. The van der Waals surface area contributed by atoms with Crippen LogP contribution in [0.3, 0.4) is 0 Å². The van der Waals surface area contributed by atoms with Crippen LogP contribution in [0, 0.1) is 0 Å². The van der Waals surface area contributed by atoms with E-state index in [0.717, 1.165) is 15.6 Å². The molecule has 0 unspecified atom stereocenters. The van der Waals surface area contributed by atoms with E-state index in [1.807, 2.05) is 48.5 Å². The third-order valence-electron chi connectivity index (χ3n) is 4.62. The molecular weight excluding hydrogens is 462 g/mol. The van der Waals surface area contributed by atoms with Gasteiger partial charge in [-0.1, -0.05) is 40.2 Å². The third kappa shape index (κ3) is 6.08. The molecule has 0 spiro atoms. The van der Waals surface area contributed by atoms with Crippen LogP contribution in [0.15, 0.2) is 77.3 Å². The molecule has 0 atom stereocenters. The summed E-state index contributed by atoms with van der Waals surface area (Å²) in [6.07, 6.45) is 0. The van der Waals surface area contributed by atoms with Gasteiger partial charge in [-0.25, -0.2) is 4.79 Å². The maximum absolute atomic E-state index is 12.6. The van der Waals surface area contributed by atoms with Gasteiger partial charge in [-0.15, -0.1) is 0 Å². The molecule has 3 rings (SSSR count). The van der Waals surface area contributed by atoms with Crippen molar-refractivity contribution in [1.82, 2.24) is 5.32 Å². The van der Waals surface area contributed by atoms with Gasteiger partial charge in [0, 0.05) is 4.47 Å². The van der Waals surface area contributed by atoms with E-state index in [4.69, 9.17) is 14.2 Å². The standard InChI is InChI=1S/C24H22BrNO5/c1-29-20-11-5-16(6-12-20)23(17-7-13-21(30-2)14-8-17)26-22(27)15-31-24(28)18-3-9-19(25)10-4-18/h3-14,23H,15H2,1-2H3,(H,26,27). The minimum absolute atomic E-state index is 0.373. The Bertz CT molecular complexity index is 970. The van der Waals surface area contributed by atoms with Crippen molar-refractivity contribution in [1.29, 1.82) is 0 Å². The summed E-state index contributed by atoms with van der Waals surface area (Å²) in [7, 11) is 3.19. The topological polar surface area (TPSA) is 73.9 Å². The van der Waals surface area contributed by atoms with Crippen LogP contribution in [0.4, 0.5) is 0 Å². The summed E-state index contributed by atoms with van der Waals surface area (Å²) in [5.41, 5.74) is 2.09. The second kappa shape index (κ2) is 10.6. The number of benzene rings is 3. The molecular formula is C24H22BrNO5. The smallest absolute Gasteiger partial charge is 0.338 e. The minimum Gasteiger partial charge on any atom is -0.497 e. The highest BCUT2D eigenvalue weighted by Gasteiger charge is 2.19. The SMILES string of the molecule is COc1ccc(C(NC(=O)COC(=O)c2ccc(Br)cc2)c2ccc(OC)cc2)cc1. The zero-order valence-corrected chi connectivity index (χ0v) is 18.7. The van der Waals surface area contributed by atoms with Gasteiger partial charge < -0.3 is 19.5 Å². The molecule has 1 amide bonds. The van der Waals surface area contributed by atoms with Crippen LogP contribution in [0.5, 0.6) is 11.5 Å². The Kier molecular flexibility index (Phi) is 7.67. The molecule has 31 heavy (non-hydrogen) atoms. The highest BCUT2D eigenvalue weighted by atomic mass is 79.9. The van der Waals surface area contributed by atoms with Crippen molar-refractivity contribution in [2.24, 2.45) is 0 Å². The Morgan fingerprint density at radius 3 is 1.74 bits per heavy atom. The number of halogens is 1. The maximum Gasteiger partial charge on any atom is 0.338 e. The number of hydrogen-bond donors (Lipinski definition) is 1. The molecule has 6 nitrogen and oxygen atoms in total. The van der Waals surface area contributed by atoms with E-state index in [-0.39, 0.29) is 0 Å². The lowest BCUT2D eigenvalue weighted by atomic mass is 9.98. The Balaban J connectivity index is 1.72. The van der Waals surface area contributed by atoms with Crippen LogP contribution >= 0.6 is 15.9 Å². The van der Waals surface area contributed by atoms with Crippen LogP contribution < -0.4 is 14.8 Å². The predicted octanol–water partition coefficient (Wildman–Crippen LogP) is 4.53. The number of ether oxygens (including phenoxy) is 3. The van der Waals surface area contributed by atoms with Gasteiger partial charge in [0.15, 0.2) is 6.61 Å². The number of esters is 1. The van der Waals surface area contributed by atoms with Crippen LogP contribution in [0.2, 0.25) is 0 Å². The van der Waals surface area contributed by atoms with Gasteiger partial charge in [0.05, 0.1) is 25.8 Å². The molecule has 0 fully saturated rings. The number of nitrogens with one attached hydrogen (secondary N) is 1. The van der Waals surface area contributed by atoms with Gasteiger partial charge in [-0.05, 0) is 59.7 Å². The Morgan fingerprint density at radius 2 is 1.29 bits per heavy atom. The van der Waals surface area contributed by atoms with Crippen LogP contribution in [0.25, 0.3) is 0 Å². The molecule has 0 saturated carbocycles. The first kappa shape index (κ1) is 22.4. The lowest BCUT2D eigenvalue weighted by Crippen LogP contribution is -2.33. The highest BCUT2D eigenvalue weighted by Crippen LogP contribution is 2.26. The van der Waals surface area contributed by atoms with E-state index >= 15 is 0 Å². The Labute approximate surface area is 189 Å². The first-order valence-electron chi connectivity index (χ1n) is 9.50. The zero-order valence-electron chi connectivity index (χ0n) is 17.1. The largest absolute Gasteiger partial charge is 0.497 e. The number of amides is 1. The van der Waals surface area contributed by atoms with E-state index in [9.17, 15) is 9.59 Å². The van der Waals surface area contributed by atoms with Gasteiger partial charge in [-0.3, -0.25) is 4.79 Å². The first-order valence-corrected chi connectivity index (χ1v) is 10.3. The molecule has 160 valence electrons. The molecule has 0 aromatic heterocycles. The lowest BCUT2D eigenvalue weighted by molar-refractivity contribution is -0.124. The van der Waals surface area contributed by atoms with Gasteiger partial charge in [-0.2, -0.15) is 0 Å². The van der Waals surface area contributed by atoms with Crippen molar-refractivity contribution >= 4 is 27.8 Å². The average Bonchev–Trinajstić information content (AvgIpc) is 2.81. The molecule has 0 bridgehead atoms. The first-order chi connectivity index (χ1) is 15.0. The fraction of sp³-hybridized carbons (Fsp3) is 0.167. The van der Waals surface area contributed by atoms with E-state index in [1.54, 1.807) is 38.5 Å². The van der Waals surface area contributed by atoms with Gasteiger partial charge >= 0.3 is 5.97 Å². The Morgan fingerprint density at radius 1 is 0.806 bits per heavy atom. The summed E-state index contributed by atoms with van der Waals surface area (Å²) >= 11 is 3.31. The average molecular weight is 484 g/mol. The van der Waals surface area contributed by atoms with E-state index in [1.165, 1.54) is 0 Å². The second-order valence-corrected chi connectivity index (χ2v) is 7.55. The molecule has 0 aliphatic carbocycles. The number of hydrogen-bond acceptors (Lipinski definition) is 5. The molecule has 3 aromatic rings. The second-order valence-electron chi connectivity index (χ2n) is 6.63. The lowest BCUT2D eigenvalue weighted by Gasteiger charge is -2.20. The summed E-state index contributed by atoms with van der Waals surface area (Å²) in [5, 5.41) is 2.94. The number of carbonyl (C=O) groups is 2. The number of carbonyl (C=O) groups excluding carboxylic acids is 2. The zero-order chi connectivity index (χ0) is 22.2. The van der Waals surface area contributed by atoms with Crippen molar-refractivity contribution in [2.75, 3.05) is 20.8 Å². The van der Waals surface area contributed by atoms with Gasteiger partial charge in [0.2, 0.25) is 0 Å². The van der Waals surface area contributed by atoms with Crippen molar-refractivity contribution < 1.29 is 23.8 Å². The maximum atomic E-state index is 12.6. The van der Waals surface area contributed by atoms with Crippen molar-refractivity contribution in [3.63, 3.8) is 0 Å². The molecule has 3 aromatic carbocycles. The van der Waals surface area contributed by atoms with Crippen LogP contribution in [-0.2, 0) is 9.53 Å². The van der Waals surface area contributed by atoms with E-state index in [0.29, 0.717) is 17.1 Å². The Hall–Kier alpha value is -3.32. The normalized spacial score (nSPS) is 10.5. The predicted molar refractivity (Wildman–Crippen MR) is 120 cm³/mol. The van der Waals surface area contributed by atoms with E-state index < -0.39 is 24.5 Å². The highest BCUT2D eigenvalue weighted by molar-refractivity contribution is 9.10. The van der Waals surface area contributed by atoms with Crippen LogP contribution in [0.1, 0.15) is 27.5 Å². The molecule has 1 N–H and O–H groups in total. The molecule has 0 radical (unpaired) electrons. The van der Waals surface area contributed by atoms with Gasteiger partial charge in [0.25, 0.3) is 5.91 Å². The fourth-order valence-electron chi connectivity index (χ4n) is 2.95. The number of methoxy groups -OCH3 is 2. The summed E-state index contributed by atoms with van der Waals surface area (Å²) in [4.78, 5) is 24.8. The summed E-state index contributed by atoms with van der Waals surface area (Å²) in [6, 6.07) is 21.1. The summed E-state index contributed by atoms with van der Waals surface area (Å²) in [5.74, 6) is 0.453. The van der Waals surface area contributed by atoms with Crippen molar-refractivity contribution in [3.8, 4) is 11.5 Å². The van der Waals surface area contributed by atoms with Gasteiger partial charge in [0.1, 0.15) is 11.5 Å². The number of rotatable bonds is 8. The quantitative estimate of drug-likeness (QED) is 0.476. The monoisotopic (exact) mass is 483 g/mol. The molecule has 0 aliphatic heterocycles. The molecule has 0 heterocycles. The summed E-state index contributed by atoms with van der Waals surface area (Å²) in [6.45, 7) is -0.391.